The van der Waals surface area contributed by atoms with Gasteiger partial charge in [-0.2, -0.15) is 0 Å². The molecule has 9 heteroatoms. The molecule has 0 bridgehead atoms. The topological polar surface area (TPSA) is 80.1 Å². The van der Waals surface area contributed by atoms with Crippen molar-refractivity contribution in [3.05, 3.63) is 52.5 Å². The Hall–Kier alpha value is -3.04. The molecule has 164 valence electrons. The number of aromatic nitrogens is 1. The highest BCUT2D eigenvalue weighted by Gasteiger charge is 2.22. The quantitative estimate of drug-likeness (QED) is 0.604. The molecule has 31 heavy (non-hydrogen) atoms. The van der Waals surface area contributed by atoms with Crippen LogP contribution in [-0.2, 0) is 13.1 Å². The highest BCUT2D eigenvalue weighted by molar-refractivity contribution is 7.09. The van der Waals surface area contributed by atoms with Gasteiger partial charge in [0.2, 0.25) is 0 Å². The number of piperazine rings is 1. The van der Waals surface area contributed by atoms with E-state index in [0.717, 1.165) is 41.7 Å². The van der Waals surface area contributed by atoms with Gasteiger partial charge in [0.15, 0.2) is 17.3 Å². The van der Waals surface area contributed by atoms with E-state index in [1.807, 2.05) is 40.6 Å². The van der Waals surface area contributed by atoms with Gasteiger partial charge in [-0.15, -0.1) is 11.3 Å². The average molecular weight is 443 g/mol. The summed E-state index contributed by atoms with van der Waals surface area (Å²) in [6.45, 7) is 4.24. The lowest BCUT2D eigenvalue weighted by Crippen LogP contribution is -2.51. The number of nitrogens with zero attached hydrogens (tertiary/aromatic N) is 3. The van der Waals surface area contributed by atoms with Gasteiger partial charge in [0, 0.05) is 38.1 Å². The number of benzene rings is 1. The molecule has 4 rings (SSSR count). The van der Waals surface area contributed by atoms with Gasteiger partial charge in [-0.3, -0.25) is 4.90 Å². The second kappa shape index (κ2) is 9.84. The molecule has 1 N–H and O–H groups in total. The zero-order chi connectivity index (χ0) is 21.6. The summed E-state index contributed by atoms with van der Waals surface area (Å²) in [7, 11) is 3.20. The number of urea groups is 1. The molecule has 0 unspecified atom stereocenters. The van der Waals surface area contributed by atoms with Crippen molar-refractivity contribution < 1.29 is 18.7 Å². The van der Waals surface area contributed by atoms with Crippen molar-refractivity contribution in [1.82, 2.24) is 20.1 Å². The summed E-state index contributed by atoms with van der Waals surface area (Å²) >= 11 is 1.63. The lowest BCUT2D eigenvalue weighted by atomic mass is 10.2. The number of furan rings is 1. The van der Waals surface area contributed by atoms with Gasteiger partial charge in [0.05, 0.1) is 27.0 Å². The molecular weight excluding hydrogens is 416 g/mol. The number of carbonyl (C=O) groups excluding carboxylic acids is 1. The Morgan fingerprint density at radius 3 is 2.68 bits per heavy atom. The highest BCUT2D eigenvalue weighted by atomic mass is 32.1. The Morgan fingerprint density at radius 2 is 1.97 bits per heavy atom. The fourth-order valence-corrected chi connectivity index (χ4v) is 4.33. The molecule has 1 fully saturated rings. The summed E-state index contributed by atoms with van der Waals surface area (Å²) in [5.74, 6) is 2.11. The van der Waals surface area contributed by atoms with E-state index in [9.17, 15) is 4.79 Å². The molecule has 1 saturated heterocycles. The van der Waals surface area contributed by atoms with Crippen molar-refractivity contribution in [2.75, 3.05) is 40.4 Å². The van der Waals surface area contributed by atoms with Gasteiger partial charge in [0.25, 0.3) is 0 Å². The first-order valence-electron chi connectivity index (χ1n) is 10.1. The SMILES string of the molecule is COc1ccc(CNC(=O)N2CCN(Cc3nc(-c4ccco4)cs3)CC2)cc1OC. The fraction of sp³-hybridized carbons (Fsp3) is 0.364. The molecule has 0 radical (unpaired) electrons. The van der Waals surface area contributed by atoms with Crippen LogP contribution >= 0.6 is 11.3 Å². The predicted molar refractivity (Wildman–Crippen MR) is 118 cm³/mol. The molecule has 1 aromatic carbocycles. The lowest BCUT2D eigenvalue weighted by molar-refractivity contribution is 0.135. The maximum atomic E-state index is 12.6. The largest absolute Gasteiger partial charge is 0.493 e. The van der Waals surface area contributed by atoms with E-state index in [2.05, 4.69) is 15.2 Å². The summed E-state index contributed by atoms with van der Waals surface area (Å²) in [6.07, 6.45) is 1.66. The Bertz CT molecular complexity index is 997. The second-order valence-electron chi connectivity index (χ2n) is 7.22. The van der Waals surface area contributed by atoms with Crippen LogP contribution < -0.4 is 14.8 Å². The summed E-state index contributed by atoms with van der Waals surface area (Å²) in [5.41, 5.74) is 1.83. The minimum Gasteiger partial charge on any atom is -0.493 e. The molecule has 0 saturated carbocycles. The minimum atomic E-state index is -0.0520. The van der Waals surface area contributed by atoms with Crippen LogP contribution in [0.1, 0.15) is 10.6 Å². The fourth-order valence-electron chi connectivity index (χ4n) is 3.50. The maximum Gasteiger partial charge on any atom is 0.317 e. The number of hydrogen-bond acceptors (Lipinski definition) is 7. The number of rotatable bonds is 7. The molecule has 1 aliphatic rings. The van der Waals surface area contributed by atoms with Gasteiger partial charge in [0.1, 0.15) is 10.7 Å². The monoisotopic (exact) mass is 442 g/mol. The van der Waals surface area contributed by atoms with E-state index in [-0.39, 0.29) is 6.03 Å². The summed E-state index contributed by atoms with van der Waals surface area (Å²) in [5, 5.41) is 6.07. The highest BCUT2D eigenvalue weighted by Crippen LogP contribution is 2.27. The Labute approximate surface area is 185 Å². The van der Waals surface area contributed by atoms with E-state index in [0.29, 0.717) is 31.1 Å². The van der Waals surface area contributed by atoms with Crippen LogP contribution in [0.2, 0.25) is 0 Å². The molecular formula is C22H26N4O4S. The summed E-state index contributed by atoms with van der Waals surface area (Å²) < 4.78 is 16.0. The van der Waals surface area contributed by atoms with E-state index >= 15 is 0 Å². The van der Waals surface area contributed by atoms with Gasteiger partial charge in [-0.25, -0.2) is 9.78 Å². The molecule has 2 aromatic heterocycles. The predicted octanol–water partition coefficient (Wildman–Crippen LogP) is 3.45. The minimum absolute atomic E-state index is 0.0520. The van der Waals surface area contributed by atoms with Crippen LogP contribution in [0.4, 0.5) is 4.79 Å². The molecule has 2 amide bonds. The number of ether oxygens (including phenoxy) is 2. The van der Waals surface area contributed by atoms with E-state index < -0.39 is 0 Å². The van der Waals surface area contributed by atoms with Crippen molar-refractivity contribution >= 4 is 17.4 Å². The van der Waals surface area contributed by atoms with E-state index in [4.69, 9.17) is 13.9 Å². The van der Waals surface area contributed by atoms with Crippen LogP contribution in [0, 0.1) is 0 Å². The first kappa shape index (κ1) is 21.2. The molecule has 1 aliphatic heterocycles. The Kier molecular flexibility index (Phi) is 6.73. The van der Waals surface area contributed by atoms with Crippen molar-refractivity contribution in [3.63, 3.8) is 0 Å². The third-order valence-electron chi connectivity index (χ3n) is 5.24. The zero-order valence-electron chi connectivity index (χ0n) is 17.7. The maximum absolute atomic E-state index is 12.6. The normalized spacial score (nSPS) is 14.5. The number of hydrogen-bond donors (Lipinski definition) is 1. The van der Waals surface area contributed by atoms with Crippen molar-refractivity contribution in [1.29, 1.82) is 0 Å². The molecule has 0 spiro atoms. The second-order valence-corrected chi connectivity index (χ2v) is 8.16. The molecule has 0 aliphatic carbocycles. The van der Waals surface area contributed by atoms with Crippen LogP contribution in [0.3, 0.4) is 0 Å². The van der Waals surface area contributed by atoms with Crippen LogP contribution in [0.5, 0.6) is 11.5 Å². The van der Waals surface area contributed by atoms with E-state index in [1.54, 1.807) is 31.8 Å². The van der Waals surface area contributed by atoms with Gasteiger partial charge < -0.3 is 24.1 Å². The first-order valence-corrected chi connectivity index (χ1v) is 11.0. The van der Waals surface area contributed by atoms with Gasteiger partial charge in [-0.05, 0) is 29.8 Å². The Balaban J connectivity index is 1.24. The molecule has 8 nitrogen and oxygen atoms in total. The van der Waals surface area contributed by atoms with Gasteiger partial charge in [-0.1, -0.05) is 6.07 Å². The first-order chi connectivity index (χ1) is 15.2. The van der Waals surface area contributed by atoms with E-state index in [1.165, 1.54) is 0 Å². The zero-order valence-corrected chi connectivity index (χ0v) is 18.5. The number of amides is 2. The third kappa shape index (κ3) is 5.18. The standard InChI is InChI=1S/C22H26N4O4S/c1-28-19-6-5-16(12-20(19)29-2)13-23-22(27)26-9-7-25(8-10-26)14-21-24-17(15-31-21)18-4-3-11-30-18/h3-6,11-12,15H,7-10,13-14H2,1-2H3,(H,23,27). The van der Waals surface area contributed by atoms with Crippen molar-refractivity contribution in [2.45, 2.75) is 13.1 Å². The molecule has 3 heterocycles. The van der Waals surface area contributed by atoms with Gasteiger partial charge >= 0.3 is 6.03 Å². The smallest absolute Gasteiger partial charge is 0.317 e. The van der Waals surface area contributed by atoms with Crippen LogP contribution in [0.25, 0.3) is 11.5 Å². The molecule has 3 aromatic rings. The van der Waals surface area contributed by atoms with Crippen molar-refractivity contribution in [3.8, 4) is 23.0 Å². The molecule has 0 atom stereocenters. The number of thiazole rings is 1. The third-order valence-corrected chi connectivity index (χ3v) is 6.07. The van der Waals surface area contributed by atoms with Crippen LogP contribution in [0.15, 0.2) is 46.4 Å². The average Bonchev–Trinajstić information content (AvgIpc) is 3.50. The summed E-state index contributed by atoms with van der Waals surface area (Å²) in [6, 6.07) is 9.37. The number of carbonyl (C=O) groups is 1. The lowest BCUT2D eigenvalue weighted by Gasteiger charge is -2.34. The number of nitrogens with one attached hydrogen (secondary N) is 1. The number of methoxy groups -OCH3 is 2. The Morgan fingerprint density at radius 1 is 1.16 bits per heavy atom. The summed E-state index contributed by atoms with van der Waals surface area (Å²) in [4.78, 5) is 21.4. The van der Waals surface area contributed by atoms with Crippen LogP contribution in [-0.4, -0.2) is 61.2 Å². The van der Waals surface area contributed by atoms with Crippen molar-refractivity contribution in [2.24, 2.45) is 0 Å².